The minimum Gasteiger partial charge on any atom is -0.395 e. The number of ether oxygens (including phenoxy) is 1. The van der Waals surface area contributed by atoms with Crippen LogP contribution in [-0.4, -0.2) is 46.8 Å². The molecule has 0 aromatic heterocycles. The topological polar surface area (TPSA) is 95.9 Å². The van der Waals surface area contributed by atoms with Gasteiger partial charge in [0.2, 0.25) is 0 Å². The van der Waals surface area contributed by atoms with Crippen molar-refractivity contribution >= 4 is 0 Å². The molecule has 96 valence electrons. The Hall–Kier alpha value is -0.980. The zero-order chi connectivity index (χ0) is 12.7. The van der Waals surface area contributed by atoms with Gasteiger partial charge in [0.15, 0.2) is 0 Å². The van der Waals surface area contributed by atoms with Crippen LogP contribution in [0.15, 0.2) is 30.3 Å². The van der Waals surface area contributed by atoms with Crippen molar-refractivity contribution in [2.45, 2.75) is 24.9 Å². The molecule has 5 heteroatoms. The molecule has 0 bridgehead atoms. The first kappa shape index (κ1) is 14.1. The number of aliphatic hydroxyl groups excluding tert-OH is 3. The predicted molar refractivity (Wildman–Crippen MR) is 63.2 cm³/mol. The minimum atomic E-state index is -1.10. The van der Waals surface area contributed by atoms with Gasteiger partial charge in [-0.1, -0.05) is 30.3 Å². The van der Waals surface area contributed by atoms with E-state index in [1.165, 1.54) is 0 Å². The van der Waals surface area contributed by atoms with E-state index in [4.69, 9.17) is 20.7 Å². The first-order chi connectivity index (χ1) is 8.19. The fourth-order valence-electron chi connectivity index (χ4n) is 1.49. The van der Waals surface area contributed by atoms with Crippen molar-refractivity contribution < 1.29 is 20.1 Å². The van der Waals surface area contributed by atoms with Crippen molar-refractivity contribution in [3.8, 4) is 0 Å². The van der Waals surface area contributed by atoms with E-state index in [0.29, 0.717) is 0 Å². The van der Waals surface area contributed by atoms with Gasteiger partial charge in [0.25, 0.3) is 0 Å². The fraction of sp³-hybridized carbons (Fsp3) is 0.500. The van der Waals surface area contributed by atoms with E-state index >= 15 is 0 Å². The maximum absolute atomic E-state index is 9.53. The Morgan fingerprint density at radius 2 is 1.76 bits per heavy atom. The number of nitrogens with two attached hydrogens (primary N) is 1. The minimum absolute atomic E-state index is 0.274. The molecule has 0 fully saturated rings. The van der Waals surface area contributed by atoms with E-state index in [9.17, 15) is 5.11 Å². The van der Waals surface area contributed by atoms with Crippen molar-refractivity contribution in [3.05, 3.63) is 35.9 Å². The summed E-state index contributed by atoms with van der Waals surface area (Å²) in [6, 6.07) is 8.69. The monoisotopic (exact) mass is 241 g/mol. The summed E-state index contributed by atoms with van der Waals surface area (Å²) in [7, 11) is 0. The van der Waals surface area contributed by atoms with Gasteiger partial charge in [-0.15, -0.1) is 0 Å². The van der Waals surface area contributed by atoms with Gasteiger partial charge in [-0.05, 0) is 5.56 Å². The lowest BCUT2D eigenvalue weighted by atomic mass is 10.1. The number of benzene rings is 1. The molecule has 0 saturated carbocycles. The quantitative estimate of drug-likeness (QED) is 0.503. The largest absolute Gasteiger partial charge is 0.395 e. The van der Waals surface area contributed by atoms with Gasteiger partial charge in [0.05, 0.1) is 25.9 Å². The molecular formula is C12H19NO4. The van der Waals surface area contributed by atoms with Crippen LogP contribution in [0.1, 0.15) is 5.56 Å². The average molecular weight is 241 g/mol. The average Bonchev–Trinajstić information content (AvgIpc) is 2.39. The zero-order valence-electron chi connectivity index (χ0n) is 9.57. The van der Waals surface area contributed by atoms with E-state index in [-0.39, 0.29) is 13.2 Å². The van der Waals surface area contributed by atoms with Crippen LogP contribution in [-0.2, 0) is 11.3 Å². The standard InChI is InChI=1S/C12H19NO4/c13-10(6-14)12(11(16)7-15)17-8-9-4-2-1-3-5-9/h1-5,10-12,14-16H,6-8,13H2/t10?,11-,12-/m0/s1. The summed E-state index contributed by atoms with van der Waals surface area (Å²) in [5.74, 6) is 0. The third-order valence-electron chi connectivity index (χ3n) is 2.48. The number of hydrogen-bond donors (Lipinski definition) is 4. The lowest BCUT2D eigenvalue weighted by Gasteiger charge is -2.26. The molecule has 1 aromatic rings. The van der Waals surface area contributed by atoms with Gasteiger partial charge in [0.1, 0.15) is 12.2 Å². The van der Waals surface area contributed by atoms with E-state index in [1.807, 2.05) is 30.3 Å². The molecule has 0 aliphatic heterocycles. The van der Waals surface area contributed by atoms with Crippen molar-refractivity contribution in [2.24, 2.45) is 5.73 Å². The number of rotatable bonds is 7. The van der Waals surface area contributed by atoms with Crippen LogP contribution in [0.3, 0.4) is 0 Å². The molecule has 1 aromatic carbocycles. The molecule has 0 radical (unpaired) electrons. The molecule has 5 nitrogen and oxygen atoms in total. The van der Waals surface area contributed by atoms with Gasteiger partial charge in [-0.2, -0.15) is 0 Å². The maximum Gasteiger partial charge on any atom is 0.105 e. The molecule has 5 N–H and O–H groups in total. The molecule has 17 heavy (non-hydrogen) atoms. The molecule has 0 spiro atoms. The Kier molecular flexibility index (Phi) is 6.10. The maximum atomic E-state index is 9.53. The Morgan fingerprint density at radius 1 is 1.12 bits per heavy atom. The summed E-state index contributed by atoms with van der Waals surface area (Å²) < 4.78 is 5.44. The fourth-order valence-corrected chi connectivity index (χ4v) is 1.49. The van der Waals surface area contributed by atoms with Crippen molar-refractivity contribution in [3.63, 3.8) is 0 Å². The van der Waals surface area contributed by atoms with Crippen LogP contribution in [0.25, 0.3) is 0 Å². The number of hydrogen-bond acceptors (Lipinski definition) is 5. The van der Waals surface area contributed by atoms with Crippen molar-refractivity contribution in [1.82, 2.24) is 0 Å². The Bertz CT molecular complexity index is 297. The Balaban J connectivity index is 2.55. The molecule has 1 rings (SSSR count). The molecule has 0 amide bonds. The summed E-state index contributed by atoms with van der Waals surface area (Å²) >= 11 is 0. The highest BCUT2D eigenvalue weighted by molar-refractivity contribution is 5.13. The summed E-state index contributed by atoms with van der Waals surface area (Å²) in [4.78, 5) is 0. The molecule has 0 saturated heterocycles. The smallest absolute Gasteiger partial charge is 0.105 e. The lowest BCUT2D eigenvalue weighted by Crippen LogP contribution is -2.48. The summed E-state index contributed by atoms with van der Waals surface area (Å²) in [5, 5.41) is 27.4. The number of aliphatic hydroxyl groups is 3. The van der Waals surface area contributed by atoms with Gasteiger partial charge in [0, 0.05) is 0 Å². The molecular weight excluding hydrogens is 222 g/mol. The van der Waals surface area contributed by atoms with Crippen molar-refractivity contribution in [1.29, 1.82) is 0 Å². The second kappa shape index (κ2) is 7.37. The summed E-state index contributed by atoms with van der Waals surface area (Å²) in [5.41, 5.74) is 6.55. The van der Waals surface area contributed by atoms with E-state index < -0.39 is 24.9 Å². The lowest BCUT2D eigenvalue weighted by molar-refractivity contribution is -0.0821. The van der Waals surface area contributed by atoms with Crippen molar-refractivity contribution in [2.75, 3.05) is 13.2 Å². The van der Waals surface area contributed by atoms with Gasteiger partial charge in [-0.25, -0.2) is 0 Å². The van der Waals surface area contributed by atoms with E-state index in [0.717, 1.165) is 5.56 Å². The van der Waals surface area contributed by atoms with Crippen LogP contribution < -0.4 is 5.73 Å². The van der Waals surface area contributed by atoms with Crippen LogP contribution in [0, 0.1) is 0 Å². The van der Waals surface area contributed by atoms with E-state index in [2.05, 4.69) is 0 Å². The first-order valence-electron chi connectivity index (χ1n) is 5.50. The zero-order valence-corrected chi connectivity index (χ0v) is 9.57. The van der Waals surface area contributed by atoms with Crippen LogP contribution in [0.2, 0.25) is 0 Å². The Labute approximate surface area is 100 Å². The summed E-state index contributed by atoms with van der Waals surface area (Å²) in [6.45, 7) is -0.486. The highest BCUT2D eigenvalue weighted by atomic mass is 16.5. The van der Waals surface area contributed by atoms with Crippen LogP contribution in [0.5, 0.6) is 0 Å². The third-order valence-corrected chi connectivity index (χ3v) is 2.48. The van der Waals surface area contributed by atoms with Crippen LogP contribution in [0.4, 0.5) is 0 Å². The third kappa shape index (κ3) is 4.41. The highest BCUT2D eigenvalue weighted by Crippen LogP contribution is 2.08. The second-order valence-electron chi connectivity index (χ2n) is 3.86. The molecule has 1 unspecified atom stereocenters. The molecule has 0 heterocycles. The molecule has 3 atom stereocenters. The van der Waals surface area contributed by atoms with E-state index in [1.54, 1.807) is 0 Å². The SMILES string of the molecule is NC(CO)[C@H](OCc1ccccc1)[C@@H](O)CO. The van der Waals surface area contributed by atoms with Crippen LogP contribution >= 0.6 is 0 Å². The Morgan fingerprint density at radius 3 is 2.29 bits per heavy atom. The molecule has 0 aliphatic carbocycles. The normalized spacial score (nSPS) is 16.5. The van der Waals surface area contributed by atoms with Gasteiger partial charge < -0.3 is 25.8 Å². The predicted octanol–water partition coefficient (Wildman–Crippen LogP) is -0.755. The molecule has 0 aliphatic rings. The first-order valence-corrected chi connectivity index (χ1v) is 5.50. The highest BCUT2D eigenvalue weighted by Gasteiger charge is 2.25. The van der Waals surface area contributed by atoms with Gasteiger partial charge >= 0.3 is 0 Å². The van der Waals surface area contributed by atoms with Gasteiger partial charge in [-0.3, -0.25) is 0 Å². The second-order valence-corrected chi connectivity index (χ2v) is 3.86. The summed E-state index contributed by atoms with van der Waals surface area (Å²) in [6.07, 6.45) is -1.88.